The SMILES string of the molecule is CC(CO)CCC(O)[C@@H](C)[C@H]1CC[C@H]2[C@@H]3CC=C4C[C@@H](O)CC[C@]4(C)[C@H]3CC[C@]12C. The molecule has 0 radical (unpaired) electrons. The van der Waals surface area contributed by atoms with Crippen LogP contribution in [0.2, 0.25) is 0 Å². The quantitative estimate of drug-likeness (QED) is 0.511. The molecule has 0 aromatic heterocycles. The van der Waals surface area contributed by atoms with E-state index in [-0.39, 0.29) is 24.7 Å². The van der Waals surface area contributed by atoms with E-state index in [0.717, 1.165) is 49.9 Å². The third-order valence-corrected chi connectivity index (χ3v) is 10.7. The fourth-order valence-electron chi connectivity index (χ4n) is 8.62. The maximum atomic E-state index is 11.0. The van der Waals surface area contributed by atoms with Crippen LogP contribution in [0.4, 0.5) is 0 Å². The van der Waals surface area contributed by atoms with Gasteiger partial charge in [-0.2, -0.15) is 0 Å². The van der Waals surface area contributed by atoms with Crippen LogP contribution in [0.1, 0.15) is 91.9 Å². The minimum Gasteiger partial charge on any atom is -0.396 e. The molecule has 0 aromatic carbocycles. The summed E-state index contributed by atoms with van der Waals surface area (Å²) in [6, 6.07) is 0. The molecule has 10 atom stereocenters. The average Bonchev–Trinajstić information content (AvgIpc) is 3.08. The minimum atomic E-state index is -0.243. The molecule has 3 saturated carbocycles. The molecule has 3 nitrogen and oxygen atoms in total. The number of hydrogen-bond acceptors (Lipinski definition) is 3. The molecule has 0 amide bonds. The van der Waals surface area contributed by atoms with Gasteiger partial charge in [0.05, 0.1) is 12.2 Å². The monoisotopic (exact) mass is 418 g/mol. The van der Waals surface area contributed by atoms with Crippen LogP contribution in [0.25, 0.3) is 0 Å². The Labute approximate surface area is 184 Å². The Morgan fingerprint density at radius 3 is 2.53 bits per heavy atom. The summed E-state index contributed by atoms with van der Waals surface area (Å²) in [6.45, 7) is 9.64. The Kier molecular flexibility index (Phi) is 6.48. The van der Waals surface area contributed by atoms with Crippen LogP contribution < -0.4 is 0 Å². The first-order valence-electron chi connectivity index (χ1n) is 12.9. The van der Waals surface area contributed by atoms with E-state index in [4.69, 9.17) is 0 Å². The van der Waals surface area contributed by atoms with Crippen LogP contribution in [0.5, 0.6) is 0 Å². The summed E-state index contributed by atoms with van der Waals surface area (Å²) < 4.78 is 0. The molecule has 3 N–H and O–H groups in total. The highest BCUT2D eigenvalue weighted by atomic mass is 16.3. The zero-order valence-electron chi connectivity index (χ0n) is 19.8. The van der Waals surface area contributed by atoms with Gasteiger partial charge in [0.25, 0.3) is 0 Å². The van der Waals surface area contributed by atoms with Gasteiger partial charge in [-0.05, 0) is 111 Å². The lowest BCUT2D eigenvalue weighted by molar-refractivity contribution is -0.0683. The van der Waals surface area contributed by atoms with Crippen LogP contribution in [0, 0.1) is 46.3 Å². The number of fused-ring (bicyclic) bond motifs is 5. The van der Waals surface area contributed by atoms with E-state index in [1.165, 1.54) is 32.1 Å². The second kappa shape index (κ2) is 8.52. The van der Waals surface area contributed by atoms with Gasteiger partial charge in [-0.25, -0.2) is 0 Å². The summed E-state index contributed by atoms with van der Waals surface area (Å²) in [5.41, 5.74) is 2.23. The van der Waals surface area contributed by atoms with Gasteiger partial charge in [-0.3, -0.25) is 0 Å². The fourth-order valence-corrected chi connectivity index (χ4v) is 8.62. The number of hydrogen-bond donors (Lipinski definition) is 3. The molecule has 0 saturated heterocycles. The summed E-state index contributed by atoms with van der Waals surface area (Å²) in [5, 5.41) is 30.5. The van der Waals surface area contributed by atoms with Crippen LogP contribution in [0.15, 0.2) is 11.6 Å². The lowest BCUT2D eigenvalue weighted by Crippen LogP contribution is -2.51. The summed E-state index contributed by atoms with van der Waals surface area (Å²) in [7, 11) is 0. The van der Waals surface area contributed by atoms with Crippen molar-refractivity contribution in [3.8, 4) is 0 Å². The highest BCUT2D eigenvalue weighted by Gasteiger charge is 2.59. The zero-order valence-corrected chi connectivity index (χ0v) is 19.8. The standard InChI is InChI=1S/C27H46O3/c1-17(16-28)5-10-25(30)18(2)22-8-9-23-21-7-6-19-15-20(29)11-13-26(19,3)24(21)12-14-27(22,23)4/h6,17-18,20-25,28-30H,5,7-16H2,1-4H3/t17?,18-,20-,21-,22+,23-,24-,25?,26-,27+/m0/s1. The van der Waals surface area contributed by atoms with Crippen LogP contribution >= 0.6 is 0 Å². The largest absolute Gasteiger partial charge is 0.396 e. The maximum Gasteiger partial charge on any atom is 0.0577 e. The Hall–Kier alpha value is -0.380. The van der Waals surface area contributed by atoms with Gasteiger partial charge in [-0.15, -0.1) is 0 Å². The molecular formula is C27H46O3. The Morgan fingerprint density at radius 2 is 1.80 bits per heavy atom. The van der Waals surface area contributed by atoms with Crippen molar-refractivity contribution in [3.63, 3.8) is 0 Å². The number of aliphatic hydroxyl groups excluding tert-OH is 3. The van der Waals surface area contributed by atoms with Gasteiger partial charge in [0.2, 0.25) is 0 Å². The smallest absolute Gasteiger partial charge is 0.0577 e. The van der Waals surface area contributed by atoms with Gasteiger partial charge < -0.3 is 15.3 Å². The van der Waals surface area contributed by atoms with Gasteiger partial charge >= 0.3 is 0 Å². The van der Waals surface area contributed by atoms with E-state index < -0.39 is 0 Å². The first-order chi connectivity index (χ1) is 14.2. The van der Waals surface area contributed by atoms with Gasteiger partial charge in [0, 0.05) is 6.61 Å². The third-order valence-electron chi connectivity index (χ3n) is 10.7. The molecule has 3 heteroatoms. The molecule has 0 bridgehead atoms. The van der Waals surface area contributed by atoms with Crippen molar-refractivity contribution in [1.29, 1.82) is 0 Å². The number of allylic oxidation sites excluding steroid dienone is 1. The summed E-state index contributed by atoms with van der Waals surface area (Å²) in [6.07, 6.45) is 13.4. The fraction of sp³-hybridized carbons (Fsp3) is 0.926. The van der Waals surface area contributed by atoms with E-state index in [0.29, 0.717) is 22.7 Å². The summed E-state index contributed by atoms with van der Waals surface area (Å²) >= 11 is 0. The Bertz CT molecular complexity index is 644. The molecule has 4 aliphatic rings. The minimum absolute atomic E-state index is 0.124. The molecule has 0 spiro atoms. The van der Waals surface area contributed by atoms with Crippen molar-refractivity contribution in [2.24, 2.45) is 46.3 Å². The predicted molar refractivity (Wildman–Crippen MR) is 122 cm³/mol. The first-order valence-corrected chi connectivity index (χ1v) is 12.9. The molecule has 30 heavy (non-hydrogen) atoms. The van der Waals surface area contributed by atoms with Crippen molar-refractivity contribution in [2.75, 3.05) is 6.61 Å². The Morgan fingerprint density at radius 1 is 1.03 bits per heavy atom. The van der Waals surface area contributed by atoms with E-state index in [1.807, 2.05) is 0 Å². The molecule has 172 valence electrons. The van der Waals surface area contributed by atoms with Gasteiger partial charge in [-0.1, -0.05) is 39.3 Å². The molecule has 0 aliphatic heterocycles. The first kappa shape index (κ1) is 22.8. The van der Waals surface area contributed by atoms with Crippen LogP contribution in [-0.2, 0) is 0 Å². The van der Waals surface area contributed by atoms with E-state index in [1.54, 1.807) is 5.57 Å². The highest BCUT2D eigenvalue weighted by molar-refractivity contribution is 5.25. The normalized spacial score (nSPS) is 46.2. The molecule has 3 fully saturated rings. The second-order valence-corrected chi connectivity index (χ2v) is 12.2. The zero-order chi connectivity index (χ0) is 21.7. The molecule has 4 rings (SSSR count). The topological polar surface area (TPSA) is 60.7 Å². The van der Waals surface area contributed by atoms with Crippen molar-refractivity contribution < 1.29 is 15.3 Å². The Balaban J connectivity index is 1.49. The predicted octanol–water partition coefficient (Wildman–Crippen LogP) is 5.33. The number of rotatable bonds is 6. The lowest BCUT2D eigenvalue weighted by atomic mass is 9.47. The molecule has 4 aliphatic carbocycles. The van der Waals surface area contributed by atoms with Crippen molar-refractivity contribution in [2.45, 2.75) is 104 Å². The molecular weight excluding hydrogens is 372 g/mol. The van der Waals surface area contributed by atoms with Crippen LogP contribution in [0.3, 0.4) is 0 Å². The highest BCUT2D eigenvalue weighted by Crippen LogP contribution is 2.67. The van der Waals surface area contributed by atoms with E-state index in [2.05, 4.69) is 33.8 Å². The van der Waals surface area contributed by atoms with Crippen molar-refractivity contribution in [3.05, 3.63) is 11.6 Å². The van der Waals surface area contributed by atoms with Crippen molar-refractivity contribution in [1.82, 2.24) is 0 Å². The molecule has 2 unspecified atom stereocenters. The number of aliphatic hydroxyl groups is 3. The lowest BCUT2D eigenvalue weighted by Gasteiger charge is -2.58. The van der Waals surface area contributed by atoms with Crippen molar-refractivity contribution >= 4 is 0 Å². The third kappa shape index (κ3) is 3.71. The molecule has 0 aromatic rings. The van der Waals surface area contributed by atoms with Gasteiger partial charge in [0.1, 0.15) is 0 Å². The molecule has 0 heterocycles. The van der Waals surface area contributed by atoms with Gasteiger partial charge in [0.15, 0.2) is 0 Å². The summed E-state index contributed by atoms with van der Waals surface area (Å²) in [4.78, 5) is 0. The van der Waals surface area contributed by atoms with E-state index in [9.17, 15) is 15.3 Å². The van der Waals surface area contributed by atoms with Crippen LogP contribution in [-0.4, -0.2) is 34.1 Å². The second-order valence-electron chi connectivity index (χ2n) is 12.2. The van der Waals surface area contributed by atoms with E-state index >= 15 is 0 Å². The summed E-state index contributed by atoms with van der Waals surface area (Å²) in [5.74, 6) is 3.61. The average molecular weight is 419 g/mol. The maximum absolute atomic E-state index is 11.0.